The Hall–Kier alpha value is -4.30. The second kappa shape index (κ2) is 11.0. The van der Waals surface area contributed by atoms with E-state index in [0.717, 1.165) is 12.0 Å². The lowest BCUT2D eigenvalue weighted by Crippen LogP contribution is -2.36. The van der Waals surface area contributed by atoms with Crippen LogP contribution in [-0.2, 0) is 16.0 Å². The van der Waals surface area contributed by atoms with E-state index in [9.17, 15) is 14.4 Å². The first kappa shape index (κ1) is 24.8. The molecular weight excluding hydrogens is 480 g/mol. The van der Waals surface area contributed by atoms with Crippen LogP contribution in [0.3, 0.4) is 0 Å². The fraction of sp³-hybridized carbons (Fsp3) is 0.148. The van der Waals surface area contributed by atoms with Gasteiger partial charge >= 0.3 is 11.8 Å². The molecule has 3 amide bonds. The van der Waals surface area contributed by atoms with E-state index in [-0.39, 0.29) is 5.69 Å². The zero-order chi connectivity index (χ0) is 25.7. The first-order chi connectivity index (χ1) is 17.4. The van der Waals surface area contributed by atoms with E-state index < -0.39 is 17.7 Å². The maximum Gasteiger partial charge on any atom is 0.328 e. The maximum atomic E-state index is 13.2. The number of aryl methyl sites for hydroxylation is 1. The van der Waals surface area contributed by atoms with Crippen molar-refractivity contribution in [3.05, 3.63) is 89.1 Å². The Balaban J connectivity index is 1.57. The molecule has 184 valence electrons. The number of hydrogen-bond donors (Lipinski definition) is 3. The highest BCUT2D eigenvalue weighted by atomic mass is 35.5. The molecule has 4 aromatic rings. The van der Waals surface area contributed by atoms with Crippen LogP contribution in [0, 0.1) is 0 Å². The zero-order valence-corrected chi connectivity index (χ0v) is 20.6. The van der Waals surface area contributed by atoms with Crippen molar-refractivity contribution in [2.24, 2.45) is 0 Å². The van der Waals surface area contributed by atoms with Crippen LogP contribution >= 0.6 is 11.6 Å². The number of nitrogens with one attached hydrogen (secondary N) is 3. The lowest BCUT2D eigenvalue weighted by atomic mass is 10.1. The molecule has 1 heterocycles. The molecule has 4 rings (SSSR count). The molecule has 0 saturated heterocycles. The molecule has 3 aromatic carbocycles. The van der Waals surface area contributed by atoms with Crippen molar-refractivity contribution >= 4 is 51.6 Å². The van der Waals surface area contributed by atoms with E-state index in [4.69, 9.17) is 16.3 Å². The average Bonchev–Trinajstić information content (AvgIpc) is 3.23. The van der Waals surface area contributed by atoms with Gasteiger partial charge in [-0.15, -0.1) is 0 Å². The number of anilines is 2. The number of carbonyl (C=O) groups excluding carboxylic acids is 3. The molecule has 0 aliphatic heterocycles. The number of nitrogens with zero attached hydrogens (tertiary/aromatic N) is 1. The van der Waals surface area contributed by atoms with E-state index in [2.05, 4.69) is 16.1 Å². The summed E-state index contributed by atoms with van der Waals surface area (Å²) >= 11 is 6.12. The number of rotatable bonds is 7. The first-order valence-electron chi connectivity index (χ1n) is 11.4. The molecule has 0 saturated carbocycles. The van der Waals surface area contributed by atoms with Gasteiger partial charge in [0, 0.05) is 21.8 Å². The van der Waals surface area contributed by atoms with Gasteiger partial charge in [-0.25, -0.2) is 4.68 Å². The Morgan fingerprint density at radius 2 is 1.50 bits per heavy atom. The van der Waals surface area contributed by atoms with Gasteiger partial charge in [0.05, 0.1) is 12.1 Å². The minimum atomic E-state index is -0.933. The first-order valence-corrected chi connectivity index (χ1v) is 11.8. The normalized spacial score (nSPS) is 10.6. The molecule has 0 radical (unpaired) electrons. The summed E-state index contributed by atoms with van der Waals surface area (Å²) in [6, 6.07) is 20.7. The molecule has 0 fully saturated rings. The van der Waals surface area contributed by atoms with Crippen molar-refractivity contribution in [2.75, 3.05) is 22.7 Å². The lowest BCUT2D eigenvalue weighted by molar-refractivity contribution is -0.133. The molecule has 0 bridgehead atoms. The third kappa shape index (κ3) is 5.67. The molecule has 0 aliphatic rings. The number of fused-ring (bicyclic) bond motifs is 1. The fourth-order valence-electron chi connectivity index (χ4n) is 3.63. The molecule has 1 aromatic heterocycles. The summed E-state index contributed by atoms with van der Waals surface area (Å²) < 4.78 is 6.70. The smallest absolute Gasteiger partial charge is 0.328 e. The van der Waals surface area contributed by atoms with Gasteiger partial charge in [0.2, 0.25) is 0 Å². The summed E-state index contributed by atoms with van der Waals surface area (Å²) in [5.41, 5.74) is 5.29. The van der Waals surface area contributed by atoms with Gasteiger partial charge in [-0.2, -0.15) is 0 Å². The number of halogens is 1. The predicted octanol–water partition coefficient (Wildman–Crippen LogP) is 5.22. The van der Waals surface area contributed by atoms with Crippen LogP contribution in [0.25, 0.3) is 10.9 Å². The van der Waals surface area contributed by atoms with E-state index in [1.54, 1.807) is 60.7 Å². The van der Waals surface area contributed by atoms with Crippen LogP contribution in [-0.4, -0.2) is 29.0 Å². The quantitative estimate of drug-likeness (QED) is 0.300. The molecular formula is C27H25ClN4O4. The molecule has 0 atom stereocenters. The van der Waals surface area contributed by atoms with Gasteiger partial charge in [-0.3, -0.25) is 19.8 Å². The summed E-state index contributed by atoms with van der Waals surface area (Å²) in [5.74, 6) is -1.60. The number of carbonyl (C=O) groups is 3. The zero-order valence-electron chi connectivity index (χ0n) is 19.8. The lowest BCUT2D eigenvalue weighted by Gasteiger charge is -2.13. The minimum Gasteiger partial charge on any atom is -0.494 e. The van der Waals surface area contributed by atoms with Crippen molar-refractivity contribution < 1.29 is 19.1 Å². The third-order valence-electron chi connectivity index (χ3n) is 5.46. The second-order valence-corrected chi connectivity index (χ2v) is 8.36. The van der Waals surface area contributed by atoms with Gasteiger partial charge < -0.3 is 15.4 Å². The molecule has 36 heavy (non-hydrogen) atoms. The number of ether oxygens (including phenoxy) is 1. The fourth-order valence-corrected chi connectivity index (χ4v) is 3.81. The Morgan fingerprint density at radius 1 is 0.833 bits per heavy atom. The molecule has 9 heteroatoms. The van der Waals surface area contributed by atoms with E-state index in [1.165, 1.54) is 4.68 Å². The Labute approximate surface area is 213 Å². The number of hydrogen-bond acceptors (Lipinski definition) is 4. The van der Waals surface area contributed by atoms with Crippen LogP contribution in [0.2, 0.25) is 5.02 Å². The molecule has 3 N–H and O–H groups in total. The highest BCUT2D eigenvalue weighted by Crippen LogP contribution is 2.24. The van der Waals surface area contributed by atoms with Crippen molar-refractivity contribution in [1.82, 2.24) is 4.68 Å². The highest BCUT2D eigenvalue weighted by Gasteiger charge is 2.21. The van der Waals surface area contributed by atoms with E-state index >= 15 is 0 Å². The van der Waals surface area contributed by atoms with Crippen molar-refractivity contribution in [3.8, 4) is 5.75 Å². The monoisotopic (exact) mass is 504 g/mol. The highest BCUT2D eigenvalue weighted by molar-refractivity contribution is 6.42. The van der Waals surface area contributed by atoms with Crippen molar-refractivity contribution in [2.45, 2.75) is 20.3 Å². The number of aromatic nitrogens is 1. The summed E-state index contributed by atoms with van der Waals surface area (Å²) in [6.07, 6.45) is 0.862. The summed E-state index contributed by atoms with van der Waals surface area (Å²) in [5, 5.41) is 6.46. The van der Waals surface area contributed by atoms with E-state index in [1.807, 2.05) is 26.0 Å². The number of benzene rings is 3. The topological polar surface area (TPSA) is 101 Å². The third-order valence-corrected chi connectivity index (χ3v) is 5.69. The Kier molecular flexibility index (Phi) is 7.56. The summed E-state index contributed by atoms with van der Waals surface area (Å²) in [4.78, 5) is 38.5. The second-order valence-electron chi connectivity index (χ2n) is 7.93. The molecule has 0 spiro atoms. The summed E-state index contributed by atoms with van der Waals surface area (Å²) in [7, 11) is 0. The Morgan fingerprint density at radius 3 is 2.17 bits per heavy atom. The van der Waals surface area contributed by atoms with Crippen molar-refractivity contribution in [3.63, 3.8) is 0 Å². The van der Waals surface area contributed by atoms with E-state index in [0.29, 0.717) is 39.7 Å². The Bertz CT molecular complexity index is 1410. The van der Waals surface area contributed by atoms with Crippen LogP contribution in [0.15, 0.2) is 72.8 Å². The number of amides is 3. The minimum absolute atomic E-state index is 0.120. The summed E-state index contributed by atoms with van der Waals surface area (Å²) in [6.45, 7) is 4.45. The van der Waals surface area contributed by atoms with Gasteiger partial charge in [0.25, 0.3) is 5.91 Å². The molecule has 0 unspecified atom stereocenters. The standard InChI is InChI=1S/C27H25ClN4O4/c1-3-17-5-8-20(9-6-17)30-26(34)27(35)31-32-23-14-7-19(28)15-18(23)16-24(32)25(33)29-21-10-12-22(13-11-21)36-4-2/h5-16H,3-4H2,1-2H3,(H,29,33)(H,30,34)(H,31,35). The van der Waals surface area contributed by atoms with Crippen LogP contribution in [0.5, 0.6) is 5.75 Å². The SMILES string of the molecule is CCOc1ccc(NC(=O)c2cc3cc(Cl)ccc3n2NC(=O)C(=O)Nc2ccc(CC)cc2)cc1. The van der Waals surface area contributed by atoms with Crippen LogP contribution < -0.4 is 20.8 Å². The predicted molar refractivity (Wildman–Crippen MR) is 141 cm³/mol. The average molecular weight is 505 g/mol. The van der Waals surface area contributed by atoms with Crippen LogP contribution in [0.1, 0.15) is 29.9 Å². The molecule has 0 aliphatic carbocycles. The van der Waals surface area contributed by atoms with Gasteiger partial charge in [0.1, 0.15) is 11.4 Å². The van der Waals surface area contributed by atoms with Gasteiger partial charge in [0.15, 0.2) is 0 Å². The molecule has 8 nitrogen and oxygen atoms in total. The van der Waals surface area contributed by atoms with Gasteiger partial charge in [-0.05, 0) is 79.6 Å². The van der Waals surface area contributed by atoms with Gasteiger partial charge in [-0.1, -0.05) is 30.7 Å². The van der Waals surface area contributed by atoms with Crippen molar-refractivity contribution in [1.29, 1.82) is 0 Å². The largest absolute Gasteiger partial charge is 0.494 e. The van der Waals surface area contributed by atoms with Crippen LogP contribution in [0.4, 0.5) is 11.4 Å². The maximum absolute atomic E-state index is 13.2.